The Hall–Kier alpha value is -0.750. The van der Waals surface area contributed by atoms with Crippen LogP contribution in [0.25, 0.3) is 0 Å². The van der Waals surface area contributed by atoms with Gasteiger partial charge >= 0.3 is 6.18 Å². The Bertz CT molecular complexity index is 375. The number of hydrogen-bond acceptors (Lipinski definition) is 2. The van der Waals surface area contributed by atoms with Crippen LogP contribution in [-0.4, -0.2) is 5.11 Å². The van der Waals surface area contributed by atoms with Crippen LogP contribution in [0.4, 0.5) is 13.2 Å². The number of phenolic OH excluding ortho intramolecular Hbond substituents is 1. The molecule has 1 aromatic rings. The summed E-state index contributed by atoms with van der Waals surface area (Å²) in [6.45, 7) is 3.04. The largest absolute Gasteiger partial charge is 0.507 e. The molecular formula is C10H11BrF3NO. The lowest BCUT2D eigenvalue weighted by Gasteiger charge is -2.23. The van der Waals surface area contributed by atoms with Gasteiger partial charge in [-0.3, -0.25) is 0 Å². The van der Waals surface area contributed by atoms with E-state index in [1.807, 2.05) is 0 Å². The van der Waals surface area contributed by atoms with Gasteiger partial charge in [-0.2, -0.15) is 13.2 Å². The minimum atomic E-state index is -4.60. The fraction of sp³-hybridized carbons (Fsp3) is 0.400. The zero-order valence-corrected chi connectivity index (χ0v) is 10.3. The van der Waals surface area contributed by atoms with Gasteiger partial charge in [0.25, 0.3) is 0 Å². The van der Waals surface area contributed by atoms with Gasteiger partial charge in [-0.05, 0) is 26.0 Å². The van der Waals surface area contributed by atoms with Gasteiger partial charge in [-0.1, -0.05) is 15.9 Å². The molecule has 3 N–H and O–H groups in total. The molecule has 0 fully saturated rings. The number of nitrogens with two attached hydrogens (primary N) is 1. The third-order valence-electron chi connectivity index (χ3n) is 2.07. The van der Waals surface area contributed by atoms with Crippen molar-refractivity contribution in [3.05, 3.63) is 27.7 Å². The Labute approximate surface area is 99.4 Å². The second-order valence-corrected chi connectivity index (χ2v) is 4.98. The summed E-state index contributed by atoms with van der Waals surface area (Å²) in [5, 5.41) is 9.56. The average molecular weight is 298 g/mol. The highest BCUT2D eigenvalue weighted by atomic mass is 79.9. The lowest BCUT2D eigenvalue weighted by molar-refractivity contribution is -0.138. The van der Waals surface area contributed by atoms with Gasteiger partial charge in [0.1, 0.15) is 5.75 Å². The van der Waals surface area contributed by atoms with Crippen LogP contribution >= 0.6 is 15.9 Å². The number of phenols is 1. The van der Waals surface area contributed by atoms with Gasteiger partial charge in [-0.15, -0.1) is 0 Å². The average Bonchev–Trinajstić information content (AvgIpc) is 2.04. The van der Waals surface area contributed by atoms with Crippen molar-refractivity contribution >= 4 is 15.9 Å². The summed E-state index contributed by atoms with van der Waals surface area (Å²) in [7, 11) is 0. The topological polar surface area (TPSA) is 46.2 Å². The van der Waals surface area contributed by atoms with Crippen molar-refractivity contribution in [1.82, 2.24) is 0 Å². The first-order chi connectivity index (χ1) is 7.03. The second kappa shape index (κ2) is 3.92. The van der Waals surface area contributed by atoms with E-state index in [2.05, 4.69) is 15.9 Å². The quantitative estimate of drug-likeness (QED) is 0.835. The molecule has 0 heterocycles. The van der Waals surface area contributed by atoms with Crippen molar-refractivity contribution < 1.29 is 18.3 Å². The standard InChI is InChI=1S/C10H11BrF3NO/c1-9(2,15)6-3-5(11)4-7(8(6)16)10(12,13)14/h3-4,16H,15H2,1-2H3. The Kier molecular flexibility index (Phi) is 3.27. The molecule has 0 amide bonds. The van der Waals surface area contributed by atoms with E-state index in [0.29, 0.717) is 0 Å². The van der Waals surface area contributed by atoms with Crippen molar-refractivity contribution in [3.8, 4) is 5.75 Å². The number of benzene rings is 1. The van der Waals surface area contributed by atoms with Gasteiger partial charge in [0.2, 0.25) is 0 Å². The first-order valence-corrected chi connectivity index (χ1v) is 5.22. The lowest BCUT2D eigenvalue weighted by atomic mass is 9.92. The monoisotopic (exact) mass is 297 g/mol. The molecule has 0 unspecified atom stereocenters. The van der Waals surface area contributed by atoms with Crippen LogP contribution in [0.3, 0.4) is 0 Å². The summed E-state index contributed by atoms with van der Waals surface area (Å²) >= 11 is 2.97. The highest BCUT2D eigenvalue weighted by molar-refractivity contribution is 9.10. The number of rotatable bonds is 1. The van der Waals surface area contributed by atoms with Crippen LogP contribution in [0.15, 0.2) is 16.6 Å². The summed E-state index contributed by atoms with van der Waals surface area (Å²) in [6, 6.07) is 2.20. The van der Waals surface area contributed by atoms with E-state index in [9.17, 15) is 18.3 Å². The molecule has 0 radical (unpaired) electrons. The predicted molar refractivity (Wildman–Crippen MR) is 58.0 cm³/mol. The number of alkyl halides is 3. The van der Waals surface area contributed by atoms with Crippen molar-refractivity contribution in [2.75, 3.05) is 0 Å². The molecule has 6 heteroatoms. The molecule has 2 nitrogen and oxygen atoms in total. The number of halogens is 4. The fourth-order valence-electron chi connectivity index (χ4n) is 1.31. The van der Waals surface area contributed by atoms with Crippen LogP contribution in [-0.2, 0) is 11.7 Å². The molecule has 0 aliphatic rings. The van der Waals surface area contributed by atoms with Crippen LogP contribution in [0.2, 0.25) is 0 Å². The van der Waals surface area contributed by atoms with Gasteiger partial charge in [-0.25, -0.2) is 0 Å². The summed E-state index contributed by atoms with van der Waals surface area (Å²) in [5.74, 6) is -0.816. The van der Waals surface area contributed by atoms with Gasteiger partial charge in [0.05, 0.1) is 5.56 Å². The molecule has 1 aromatic carbocycles. The molecule has 0 spiro atoms. The minimum absolute atomic E-state index is 0.0502. The zero-order chi connectivity index (χ0) is 12.7. The molecule has 0 aromatic heterocycles. The second-order valence-electron chi connectivity index (χ2n) is 4.07. The molecule has 0 aliphatic heterocycles. The van der Waals surface area contributed by atoms with Crippen LogP contribution in [0.5, 0.6) is 5.75 Å². The maximum Gasteiger partial charge on any atom is 0.420 e. The Balaban J connectivity index is 3.51. The predicted octanol–water partition coefficient (Wildman–Crippen LogP) is 3.37. The van der Waals surface area contributed by atoms with E-state index >= 15 is 0 Å². The highest BCUT2D eigenvalue weighted by Crippen LogP contribution is 2.42. The van der Waals surface area contributed by atoms with E-state index in [4.69, 9.17) is 5.73 Å². The first kappa shape index (κ1) is 13.3. The highest BCUT2D eigenvalue weighted by Gasteiger charge is 2.36. The minimum Gasteiger partial charge on any atom is -0.507 e. The summed E-state index contributed by atoms with van der Waals surface area (Å²) in [4.78, 5) is 0. The Morgan fingerprint density at radius 1 is 1.19 bits per heavy atom. The third kappa shape index (κ3) is 2.68. The van der Waals surface area contributed by atoms with Crippen LogP contribution in [0, 0.1) is 0 Å². The summed E-state index contributed by atoms with van der Waals surface area (Å²) in [6.07, 6.45) is -4.60. The molecule has 16 heavy (non-hydrogen) atoms. The molecule has 0 aliphatic carbocycles. The third-order valence-corrected chi connectivity index (χ3v) is 2.53. The van der Waals surface area contributed by atoms with E-state index in [1.54, 1.807) is 0 Å². The molecular weight excluding hydrogens is 287 g/mol. The van der Waals surface area contributed by atoms with Gasteiger partial charge in [0.15, 0.2) is 0 Å². The maximum absolute atomic E-state index is 12.6. The molecule has 1 rings (SSSR count). The number of hydrogen-bond donors (Lipinski definition) is 2. The van der Waals surface area contributed by atoms with Crippen LogP contribution in [0.1, 0.15) is 25.0 Å². The van der Waals surface area contributed by atoms with Crippen molar-refractivity contribution in [3.63, 3.8) is 0 Å². The molecule has 90 valence electrons. The smallest absolute Gasteiger partial charge is 0.420 e. The van der Waals surface area contributed by atoms with Gasteiger partial charge in [0, 0.05) is 15.6 Å². The Morgan fingerprint density at radius 3 is 2.00 bits per heavy atom. The van der Waals surface area contributed by atoms with Gasteiger partial charge < -0.3 is 10.8 Å². The fourth-order valence-corrected chi connectivity index (χ4v) is 1.76. The van der Waals surface area contributed by atoms with E-state index in [1.165, 1.54) is 19.9 Å². The lowest BCUT2D eigenvalue weighted by Crippen LogP contribution is -2.29. The van der Waals surface area contributed by atoms with Crippen LogP contribution < -0.4 is 5.73 Å². The molecule has 0 atom stereocenters. The maximum atomic E-state index is 12.6. The van der Waals surface area contributed by atoms with E-state index in [-0.39, 0.29) is 10.0 Å². The molecule has 0 bridgehead atoms. The molecule has 0 saturated carbocycles. The molecule has 0 saturated heterocycles. The summed E-state index contributed by atoms with van der Waals surface area (Å²) in [5.41, 5.74) is 3.61. The van der Waals surface area contributed by atoms with E-state index in [0.717, 1.165) is 6.07 Å². The van der Waals surface area contributed by atoms with Crippen molar-refractivity contribution in [2.45, 2.75) is 25.6 Å². The SMILES string of the molecule is CC(C)(N)c1cc(Br)cc(C(F)(F)F)c1O. The number of aromatic hydroxyl groups is 1. The Morgan fingerprint density at radius 2 is 1.62 bits per heavy atom. The van der Waals surface area contributed by atoms with Crippen molar-refractivity contribution in [2.24, 2.45) is 5.73 Å². The summed E-state index contributed by atoms with van der Waals surface area (Å²) < 4.78 is 38.0. The first-order valence-electron chi connectivity index (χ1n) is 4.42. The van der Waals surface area contributed by atoms with Crippen molar-refractivity contribution in [1.29, 1.82) is 0 Å². The zero-order valence-electron chi connectivity index (χ0n) is 8.69. The normalized spacial score (nSPS) is 12.9. The van der Waals surface area contributed by atoms with E-state index < -0.39 is 23.0 Å².